The van der Waals surface area contributed by atoms with Crippen LogP contribution in [-0.4, -0.2) is 36.9 Å². The molecule has 1 aliphatic rings. The van der Waals surface area contributed by atoms with E-state index in [9.17, 15) is 9.59 Å². The molecule has 0 saturated heterocycles. The third-order valence-electron chi connectivity index (χ3n) is 3.75. The molecule has 0 atom stereocenters. The van der Waals surface area contributed by atoms with Crippen LogP contribution in [0.1, 0.15) is 35.7 Å². The number of guanidine groups is 1. The van der Waals surface area contributed by atoms with Gasteiger partial charge in [-0.05, 0) is 37.5 Å². The molecule has 26 heavy (non-hydrogen) atoms. The van der Waals surface area contributed by atoms with Crippen LogP contribution in [-0.2, 0) is 11.3 Å². The molecular weight excluding hydrogens is 445 g/mol. The summed E-state index contributed by atoms with van der Waals surface area (Å²) in [5.41, 5.74) is 6.49. The summed E-state index contributed by atoms with van der Waals surface area (Å²) in [5, 5.41) is 9.11. The topological polar surface area (TPSA) is 109 Å². The number of carbonyl (C=O) groups is 2. The minimum atomic E-state index is -0.569. The van der Waals surface area contributed by atoms with Crippen molar-refractivity contribution < 1.29 is 9.59 Å². The largest absolute Gasteiger partial charge is 0.368 e. The molecule has 1 aromatic rings. The van der Waals surface area contributed by atoms with Crippen molar-refractivity contribution in [2.45, 2.75) is 32.4 Å². The van der Waals surface area contributed by atoms with Crippen molar-refractivity contribution in [3.05, 3.63) is 47.5 Å². The lowest BCUT2D eigenvalue weighted by atomic mass is 10.1. The van der Waals surface area contributed by atoms with E-state index in [1.165, 1.54) is 0 Å². The predicted octanol–water partition coefficient (Wildman–Crippen LogP) is 1.29. The Bertz CT molecular complexity index is 650. The zero-order valence-electron chi connectivity index (χ0n) is 14.8. The highest BCUT2D eigenvalue weighted by molar-refractivity contribution is 14.0. The third-order valence-corrected chi connectivity index (χ3v) is 3.75. The normalized spacial score (nSPS) is 13.8. The maximum Gasteiger partial charge on any atom is 0.251 e. The molecule has 1 aliphatic carbocycles. The van der Waals surface area contributed by atoms with Gasteiger partial charge in [-0.3, -0.25) is 9.59 Å². The maximum absolute atomic E-state index is 11.8. The molecule has 0 heterocycles. The van der Waals surface area contributed by atoms with Crippen LogP contribution in [0.2, 0.25) is 0 Å². The second-order valence-electron chi connectivity index (χ2n) is 5.83. The van der Waals surface area contributed by atoms with Crippen molar-refractivity contribution in [1.82, 2.24) is 16.0 Å². The van der Waals surface area contributed by atoms with Crippen LogP contribution < -0.4 is 21.7 Å². The van der Waals surface area contributed by atoms with Gasteiger partial charge in [0.15, 0.2) is 5.96 Å². The van der Waals surface area contributed by atoms with E-state index in [2.05, 4.69) is 33.1 Å². The van der Waals surface area contributed by atoms with Gasteiger partial charge in [-0.1, -0.05) is 24.3 Å². The number of primary amides is 1. The van der Waals surface area contributed by atoms with E-state index in [0.717, 1.165) is 30.9 Å². The number of carbonyl (C=O) groups excluding carboxylic acids is 2. The summed E-state index contributed by atoms with van der Waals surface area (Å²) in [5.74, 6) is -0.0997. The Hall–Kier alpha value is -2.10. The Labute approximate surface area is 170 Å². The molecular formula is C18H26IN5O2. The monoisotopic (exact) mass is 471 g/mol. The average molecular weight is 471 g/mol. The van der Waals surface area contributed by atoms with E-state index in [4.69, 9.17) is 5.73 Å². The van der Waals surface area contributed by atoms with Gasteiger partial charge in [-0.25, -0.2) is 4.99 Å². The molecule has 8 heteroatoms. The van der Waals surface area contributed by atoms with E-state index in [-0.39, 0.29) is 36.4 Å². The first kappa shape index (κ1) is 21.9. The van der Waals surface area contributed by atoms with Crippen LogP contribution >= 0.6 is 24.0 Å². The highest BCUT2D eigenvalue weighted by Crippen LogP contribution is 2.09. The molecule has 0 spiro atoms. The lowest BCUT2D eigenvalue weighted by Crippen LogP contribution is -2.42. The molecule has 0 aromatic heterocycles. The van der Waals surface area contributed by atoms with Crippen LogP contribution in [0.3, 0.4) is 0 Å². The van der Waals surface area contributed by atoms with Crippen molar-refractivity contribution in [3.8, 4) is 0 Å². The SMILES string of the molecule is CCNC(=NCc1ccc(C(=O)NCC(N)=O)cc1)NC1CC=CC1.I. The molecule has 142 valence electrons. The zero-order valence-corrected chi connectivity index (χ0v) is 17.2. The molecule has 0 radical (unpaired) electrons. The summed E-state index contributed by atoms with van der Waals surface area (Å²) in [6.07, 6.45) is 6.37. The van der Waals surface area contributed by atoms with Gasteiger partial charge < -0.3 is 21.7 Å². The molecule has 0 aliphatic heterocycles. The quantitative estimate of drug-likeness (QED) is 0.208. The lowest BCUT2D eigenvalue weighted by molar-refractivity contribution is -0.117. The Balaban J connectivity index is 0.00000338. The van der Waals surface area contributed by atoms with E-state index < -0.39 is 5.91 Å². The van der Waals surface area contributed by atoms with E-state index >= 15 is 0 Å². The fourth-order valence-electron chi connectivity index (χ4n) is 2.45. The standard InChI is InChI=1S/C18H25N5O2.HI/c1-2-20-18(23-15-5-3-4-6-15)22-11-13-7-9-14(10-8-13)17(25)21-12-16(19)24;/h3-4,7-10,15H,2,5-6,11-12H2,1H3,(H2,19,24)(H,21,25)(H2,20,22,23);1H. The second kappa shape index (κ2) is 11.5. The molecule has 0 unspecified atom stereocenters. The summed E-state index contributed by atoms with van der Waals surface area (Å²) in [4.78, 5) is 27.1. The molecule has 2 amide bonds. The number of halogens is 1. The maximum atomic E-state index is 11.8. The van der Waals surface area contributed by atoms with Gasteiger partial charge in [-0.15, -0.1) is 24.0 Å². The molecule has 0 saturated carbocycles. The van der Waals surface area contributed by atoms with Crippen LogP contribution in [0.4, 0.5) is 0 Å². The number of benzene rings is 1. The fourth-order valence-corrected chi connectivity index (χ4v) is 2.45. The van der Waals surface area contributed by atoms with Crippen LogP contribution in [0.25, 0.3) is 0 Å². The molecule has 0 fully saturated rings. The summed E-state index contributed by atoms with van der Waals surface area (Å²) >= 11 is 0. The lowest BCUT2D eigenvalue weighted by Gasteiger charge is -2.16. The van der Waals surface area contributed by atoms with Crippen LogP contribution in [0, 0.1) is 0 Å². The number of hydrogen-bond acceptors (Lipinski definition) is 3. The molecule has 1 aromatic carbocycles. The zero-order chi connectivity index (χ0) is 18.1. The molecule has 2 rings (SSSR count). The molecule has 7 nitrogen and oxygen atoms in total. The smallest absolute Gasteiger partial charge is 0.251 e. The van der Waals surface area contributed by atoms with E-state index in [1.807, 2.05) is 19.1 Å². The van der Waals surface area contributed by atoms with Gasteiger partial charge in [0.2, 0.25) is 5.91 Å². The average Bonchev–Trinajstić information content (AvgIpc) is 3.11. The van der Waals surface area contributed by atoms with E-state index in [0.29, 0.717) is 18.2 Å². The minimum absolute atomic E-state index is 0. The number of rotatable bonds is 7. The first-order valence-electron chi connectivity index (χ1n) is 8.43. The van der Waals surface area contributed by atoms with Crippen molar-refractivity contribution in [3.63, 3.8) is 0 Å². The second-order valence-corrected chi connectivity index (χ2v) is 5.83. The number of nitrogens with two attached hydrogens (primary N) is 1. The highest BCUT2D eigenvalue weighted by Gasteiger charge is 2.11. The van der Waals surface area contributed by atoms with Gasteiger partial charge in [-0.2, -0.15) is 0 Å². The Morgan fingerprint density at radius 2 is 1.81 bits per heavy atom. The van der Waals surface area contributed by atoms with Crippen LogP contribution in [0.15, 0.2) is 41.4 Å². The number of hydrogen-bond donors (Lipinski definition) is 4. The first-order chi connectivity index (χ1) is 12.1. The highest BCUT2D eigenvalue weighted by atomic mass is 127. The van der Waals surface area contributed by atoms with Crippen molar-refractivity contribution in [1.29, 1.82) is 0 Å². The summed E-state index contributed by atoms with van der Waals surface area (Å²) in [7, 11) is 0. The summed E-state index contributed by atoms with van der Waals surface area (Å²) in [6, 6.07) is 7.52. The predicted molar refractivity (Wildman–Crippen MR) is 113 cm³/mol. The number of nitrogens with one attached hydrogen (secondary N) is 3. The Morgan fingerprint density at radius 3 is 2.38 bits per heavy atom. The van der Waals surface area contributed by atoms with Gasteiger partial charge in [0, 0.05) is 18.2 Å². The van der Waals surface area contributed by atoms with Crippen molar-refractivity contribution in [2.75, 3.05) is 13.1 Å². The van der Waals surface area contributed by atoms with Crippen molar-refractivity contribution >= 4 is 41.8 Å². The Morgan fingerprint density at radius 1 is 1.15 bits per heavy atom. The van der Waals surface area contributed by atoms with Crippen LogP contribution in [0.5, 0.6) is 0 Å². The first-order valence-corrected chi connectivity index (χ1v) is 8.43. The summed E-state index contributed by atoms with van der Waals surface area (Å²) < 4.78 is 0. The van der Waals surface area contributed by atoms with E-state index in [1.54, 1.807) is 12.1 Å². The molecule has 0 bridgehead atoms. The Kier molecular flexibility index (Phi) is 9.71. The number of amides is 2. The van der Waals surface area contributed by atoms with Gasteiger partial charge in [0.25, 0.3) is 5.91 Å². The minimum Gasteiger partial charge on any atom is -0.368 e. The molecule has 5 N–H and O–H groups in total. The third kappa shape index (κ3) is 7.42. The summed E-state index contributed by atoms with van der Waals surface area (Å²) in [6.45, 7) is 3.17. The fraction of sp³-hybridized carbons (Fsp3) is 0.389. The number of aliphatic imine (C=N–C) groups is 1. The number of nitrogens with zero attached hydrogens (tertiary/aromatic N) is 1. The van der Waals surface area contributed by atoms with Gasteiger partial charge in [0.05, 0.1) is 13.1 Å². The van der Waals surface area contributed by atoms with Gasteiger partial charge >= 0.3 is 0 Å². The van der Waals surface area contributed by atoms with Crippen molar-refractivity contribution in [2.24, 2.45) is 10.7 Å². The van der Waals surface area contributed by atoms with Gasteiger partial charge in [0.1, 0.15) is 0 Å².